The highest BCUT2D eigenvalue weighted by atomic mass is 16.2. The zero-order chi connectivity index (χ0) is 14.8. The standard InChI is InChI=1S/C15H17N5O/c1-3-11(14-16-7-8-17-14)19-15(21)12-9-20-10(2)5-4-6-13(20)18-12/h4-9,11H,3H2,1-2H3,(H,16,17)(H,19,21). The number of rotatable bonds is 4. The lowest BCUT2D eigenvalue weighted by atomic mass is 10.2. The van der Waals surface area contributed by atoms with Crippen LogP contribution in [0.5, 0.6) is 0 Å². The highest BCUT2D eigenvalue weighted by Crippen LogP contribution is 2.13. The van der Waals surface area contributed by atoms with Crippen molar-refractivity contribution in [3.63, 3.8) is 0 Å². The molecule has 6 heteroatoms. The van der Waals surface area contributed by atoms with Crippen LogP contribution in [0.4, 0.5) is 0 Å². The summed E-state index contributed by atoms with van der Waals surface area (Å²) in [6.45, 7) is 3.98. The highest BCUT2D eigenvalue weighted by molar-refractivity contribution is 5.93. The SMILES string of the molecule is CCC(NC(=O)c1cn2c(C)cccc2n1)c1ncc[nH]1. The molecule has 0 aliphatic rings. The van der Waals surface area contributed by atoms with E-state index in [1.54, 1.807) is 18.6 Å². The molecule has 0 fully saturated rings. The fourth-order valence-electron chi connectivity index (χ4n) is 2.32. The predicted octanol–water partition coefficient (Wildman–Crippen LogP) is 2.25. The van der Waals surface area contributed by atoms with Crippen molar-refractivity contribution in [1.82, 2.24) is 24.7 Å². The van der Waals surface area contributed by atoms with Gasteiger partial charge < -0.3 is 14.7 Å². The number of pyridine rings is 1. The molecule has 0 bridgehead atoms. The normalized spacial score (nSPS) is 12.5. The number of nitrogens with zero attached hydrogens (tertiary/aromatic N) is 3. The molecule has 0 spiro atoms. The van der Waals surface area contributed by atoms with Crippen molar-refractivity contribution >= 4 is 11.6 Å². The Labute approximate surface area is 122 Å². The van der Waals surface area contributed by atoms with Crippen LogP contribution in [0.2, 0.25) is 0 Å². The van der Waals surface area contributed by atoms with Gasteiger partial charge in [0.05, 0.1) is 6.04 Å². The molecule has 1 unspecified atom stereocenters. The van der Waals surface area contributed by atoms with Crippen LogP contribution in [-0.2, 0) is 0 Å². The molecular weight excluding hydrogens is 266 g/mol. The lowest BCUT2D eigenvalue weighted by Crippen LogP contribution is -2.29. The van der Waals surface area contributed by atoms with Gasteiger partial charge in [-0.2, -0.15) is 0 Å². The number of fused-ring (bicyclic) bond motifs is 1. The Hall–Kier alpha value is -2.63. The number of hydrogen-bond acceptors (Lipinski definition) is 3. The Bertz CT molecular complexity index is 760. The summed E-state index contributed by atoms with van der Waals surface area (Å²) in [7, 11) is 0. The molecule has 3 heterocycles. The van der Waals surface area contributed by atoms with Gasteiger partial charge in [0.15, 0.2) is 0 Å². The van der Waals surface area contributed by atoms with Crippen LogP contribution in [0.25, 0.3) is 5.65 Å². The molecule has 2 N–H and O–H groups in total. The zero-order valence-electron chi connectivity index (χ0n) is 12.0. The third kappa shape index (κ3) is 2.52. The Morgan fingerprint density at radius 1 is 1.48 bits per heavy atom. The third-order valence-electron chi connectivity index (χ3n) is 3.49. The van der Waals surface area contributed by atoms with Crippen molar-refractivity contribution in [2.24, 2.45) is 0 Å². The molecule has 0 saturated carbocycles. The van der Waals surface area contributed by atoms with E-state index in [1.807, 2.05) is 36.4 Å². The van der Waals surface area contributed by atoms with Crippen molar-refractivity contribution in [2.45, 2.75) is 26.3 Å². The van der Waals surface area contributed by atoms with E-state index in [0.717, 1.165) is 23.6 Å². The fourth-order valence-corrected chi connectivity index (χ4v) is 2.32. The molecule has 3 aromatic rings. The first-order chi connectivity index (χ1) is 10.2. The lowest BCUT2D eigenvalue weighted by molar-refractivity contribution is 0.0929. The highest BCUT2D eigenvalue weighted by Gasteiger charge is 2.18. The van der Waals surface area contributed by atoms with Crippen LogP contribution in [0.1, 0.15) is 41.4 Å². The van der Waals surface area contributed by atoms with Gasteiger partial charge in [-0.1, -0.05) is 13.0 Å². The van der Waals surface area contributed by atoms with Gasteiger partial charge in [-0.3, -0.25) is 4.79 Å². The number of aromatic amines is 1. The molecule has 0 aromatic carbocycles. The number of carbonyl (C=O) groups excluding carboxylic acids is 1. The lowest BCUT2D eigenvalue weighted by Gasteiger charge is -2.13. The summed E-state index contributed by atoms with van der Waals surface area (Å²) in [5.41, 5.74) is 2.22. The maximum atomic E-state index is 12.4. The summed E-state index contributed by atoms with van der Waals surface area (Å²) in [5.74, 6) is 0.562. The summed E-state index contributed by atoms with van der Waals surface area (Å²) < 4.78 is 1.91. The Morgan fingerprint density at radius 2 is 2.33 bits per heavy atom. The van der Waals surface area contributed by atoms with Gasteiger partial charge in [0, 0.05) is 24.3 Å². The zero-order valence-corrected chi connectivity index (χ0v) is 12.0. The average Bonchev–Trinajstić information content (AvgIpc) is 3.14. The number of imidazole rings is 2. The van der Waals surface area contributed by atoms with Crippen molar-refractivity contribution in [3.05, 3.63) is 54.0 Å². The molecule has 3 rings (SSSR count). The smallest absolute Gasteiger partial charge is 0.272 e. The fraction of sp³-hybridized carbons (Fsp3) is 0.267. The molecule has 0 radical (unpaired) electrons. The number of aryl methyl sites for hydroxylation is 1. The number of amides is 1. The molecule has 3 aromatic heterocycles. The van der Waals surface area contributed by atoms with E-state index < -0.39 is 0 Å². The van der Waals surface area contributed by atoms with Crippen molar-refractivity contribution in [3.8, 4) is 0 Å². The first kappa shape index (κ1) is 13.4. The Morgan fingerprint density at radius 3 is 3.00 bits per heavy atom. The van der Waals surface area contributed by atoms with Crippen LogP contribution in [0.15, 0.2) is 36.8 Å². The monoisotopic (exact) mass is 283 g/mol. The van der Waals surface area contributed by atoms with Gasteiger partial charge in [0.1, 0.15) is 17.2 Å². The topological polar surface area (TPSA) is 75.1 Å². The molecule has 108 valence electrons. The minimum absolute atomic E-state index is 0.140. The quantitative estimate of drug-likeness (QED) is 0.771. The van der Waals surface area contributed by atoms with Gasteiger partial charge in [-0.15, -0.1) is 0 Å². The van der Waals surface area contributed by atoms with Crippen molar-refractivity contribution < 1.29 is 4.79 Å². The molecule has 0 aliphatic carbocycles. The summed E-state index contributed by atoms with van der Waals surface area (Å²) in [5, 5.41) is 2.96. The van der Waals surface area contributed by atoms with E-state index in [4.69, 9.17) is 0 Å². The van der Waals surface area contributed by atoms with Gasteiger partial charge in [-0.25, -0.2) is 9.97 Å². The molecular formula is C15H17N5O. The molecule has 21 heavy (non-hydrogen) atoms. The van der Waals surface area contributed by atoms with Crippen molar-refractivity contribution in [1.29, 1.82) is 0 Å². The average molecular weight is 283 g/mol. The van der Waals surface area contributed by atoms with Crippen LogP contribution < -0.4 is 5.32 Å². The summed E-state index contributed by atoms with van der Waals surface area (Å²) >= 11 is 0. The summed E-state index contributed by atoms with van der Waals surface area (Å²) in [6, 6.07) is 5.65. The maximum absolute atomic E-state index is 12.4. The molecule has 1 atom stereocenters. The van der Waals surface area contributed by atoms with Gasteiger partial charge in [0.25, 0.3) is 5.91 Å². The first-order valence-electron chi connectivity index (χ1n) is 6.94. The predicted molar refractivity (Wildman–Crippen MR) is 79.0 cm³/mol. The number of carbonyl (C=O) groups is 1. The largest absolute Gasteiger partial charge is 0.347 e. The molecule has 0 aliphatic heterocycles. The minimum Gasteiger partial charge on any atom is -0.347 e. The second-order valence-corrected chi connectivity index (χ2v) is 4.93. The van der Waals surface area contributed by atoms with Crippen LogP contribution in [0, 0.1) is 6.92 Å². The van der Waals surface area contributed by atoms with E-state index in [9.17, 15) is 4.79 Å². The maximum Gasteiger partial charge on any atom is 0.272 e. The first-order valence-corrected chi connectivity index (χ1v) is 6.94. The summed E-state index contributed by atoms with van der Waals surface area (Å²) in [4.78, 5) is 23.9. The van der Waals surface area contributed by atoms with Gasteiger partial charge in [0.2, 0.25) is 0 Å². The van der Waals surface area contributed by atoms with Crippen LogP contribution >= 0.6 is 0 Å². The van der Waals surface area contributed by atoms with Crippen LogP contribution in [0.3, 0.4) is 0 Å². The Balaban J connectivity index is 1.85. The molecule has 6 nitrogen and oxygen atoms in total. The molecule has 1 amide bonds. The van der Waals surface area contributed by atoms with Crippen LogP contribution in [-0.4, -0.2) is 25.3 Å². The van der Waals surface area contributed by atoms with Gasteiger partial charge in [-0.05, 0) is 25.5 Å². The van der Waals surface area contributed by atoms with E-state index >= 15 is 0 Å². The van der Waals surface area contributed by atoms with E-state index in [1.165, 1.54) is 0 Å². The number of aromatic nitrogens is 4. The second kappa shape index (κ2) is 5.40. The van der Waals surface area contributed by atoms with Gasteiger partial charge >= 0.3 is 0 Å². The minimum atomic E-state index is -0.193. The van der Waals surface area contributed by atoms with E-state index in [-0.39, 0.29) is 11.9 Å². The third-order valence-corrected chi connectivity index (χ3v) is 3.49. The number of hydrogen-bond donors (Lipinski definition) is 2. The summed E-state index contributed by atoms with van der Waals surface area (Å²) in [6.07, 6.45) is 5.94. The van der Waals surface area contributed by atoms with E-state index in [2.05, 4.69) is 20.3 Å². The Kier molecular flexibility index (Phi) is 3.43. The molecule has 0 saturated heterocycles. The van der Waals surface area contributed by atoms with E-state index in [0.29, 0.717) is 5.69 Å². The number of nitrogens with one attached hydrogen (secondary N) is 2. The second-order valence-electron chi connectivity index (χ2n) is 4.93. The van der Waals surface area contributed by atoms with Crippen molar-refractivity contribution in [2.75, 3.05) is 0 Å². The number of H-pyrrole nitrogens is 1.